The maximum Gasteiger partial charge on any atom is 0.187 e. The molecular weight excluding hydrogens is 277 g/mol. The van der Waals surface area contributed by atoms with Crippen LogP contribution in [0.25, 0.3) is 0 Å². The van der Waals surface area contributed by atoms with E-state index >= 15 is 0 Å². The average Bonchev–Trinajstić information content (AvgIpc) is 2.47. The summed E-state index contributed by atoms with van der Waals surface area (Å²) in [6.45, 7) is 4.10. The molecule has 0 saturated heterocycles. The Hall–Kier alpha value is -1.02. The average molecular weight is 295 g/mol. The summed E-state index contributed by atoms with van der Waals surface area (Å²) in [5.41, 5.74) is 2.27. The standard InChI is InChI=1S/C16H18Cl2N/c1-13(15-9-5-3-6-10-15)19(17,18)14(2)16-11-7-4-8-12-16/h3-14H,1-2H3/q+1. The van der Waals surface area contributed by atoms with E-state index in [4.69, 9.17) is 23.6 Å². The number of nitrogens with zero attached hydrogens (tertiary/aromatic N) is 1. The maximum absolute atomic E-state index is 6.61. The van der Waals surface area contributed by atoms with Crippen LogP contribution in [-0.4, -0.2) is 3.52 Å². The Bertz CT molecular complexity index is 463. The van der Waals surface area contributed by atoms with Gasteiger partial charge in [-0.15, -0.1) is 3.52 Å². The molecule has 2 aromatic carbocycles. The Kier molecular flexibility index (Phi) is 4.51. The van der Waals surface area contributed by atoms with Gasteiger partial charge in [0.2, 0.25) is 0 Å². The first kappa shape index (κ1) is 14.4. The molecule has 3 heteroatoms. The minimum atomic E-state index is -0.103. The highest BCUT2D eigenvalue weighted by atomic mass is 35.5. The van der Waals surface area contributed by atoms with E-state index in [-0.39, 0.29) is 15.6 Å². The molecule has 0 heterocycles. The Balaban J connectivity index is 2.27. The first-order valence-corrected chi connectivity index (χ1v) is 7.08. The van der Waals surface area contributed by atoms with Crippen molar-refractivity contribution in [1.29, 1.82) is 0 Å². The molecule has 0 bridgehead atoms. The van der Waals surface area contributed by atoms with Crippen LogP contribution in [0.3, 0.4) is 0 Å². The van der Waals surface area contributed by atoms with Crippen LogP contribution in [0, 0.1) is 0 Å². The Morgan fingerprint density at radius 2 is 1.00 bits per heavy atom. The van der Waals surface area contributed by atoms with E-state index in [0.717, 1.165) is 11.1 Å². The van der Waals surface area contributed by atoms with Crippen LogP contribution in [0.2, 0.25) is 0 Å². The van der Waals surface area contributed by atoms with Gasteiger partial charge in [0.15, 0.2) is 23.6 Å². The second-order valence-corrected chi connectivity index (χ2v) is 6.07. The number of hydrogen-bond acceptors (Lipinski definition) is 0. The fraction of sp³-hybridized carbons (Fsp3) is 0.250. The normalized spacial score (nSPS) is 14.9. The summed E-state index contributed by atoms with van der Waals surface area (Å²) in [5.74, 6) is 0. The molecule has 0 N–H and O–H groups in total. The predicted octanol–water partition coefficient (Wildman–Crippen LogP) is 5.63. The molecule has 0 fully saturated rings. The largest absolute Gasteiger partial charge is 0.187 e. The molecule has 0 saturated carbocycles. The zero-order chi connectivity index (χ0) is 13.9. The SMILES string of the molecule is CC(c1ccccc1)[N+](Cl)(Cl)C(C)c1ccccc1. The van der Waals surface area contributed by atoms with Crippen molar-refractivity contribution in [3.05, 3.63) is 71.8 Å². The topological polar surface area (TPSA) is 0 Å². The minimum absolute atomic E-state index is 0.000241. The van der Waals surface area contributed by atoms with Gasteiger partial charge in [0, 0.05) is 11.1 Å². The molecule has 2 rings (SSSR count). The van der Waals surface area contributed by atoms with Gasteiger partial charge in [0.05, 0.1) is 0 Å². The van der Waals surface area contributed by atoms with Gasteiger partial charge >= 0.3 is 0 Å². The Morgan fingerprint density at radius 3 is 1.32 bits per heavy atom. The van der Waals surface area contributed by atoms with Crippen LogP contribution in [0.15, 0.2) is 60.7 Å². The van der Waals surface area contributed by atoms with Crippen molar-refractivity contribution in [1.82, 2.24) is 0 Å². The number of halogens is 2. The first-order chi connectivity index (χ1) is 9.03. The molecule has 0 aliphatic heterocycles. The van der Waals surface area contributed by atoms with Crippen molar-refractivity contribution in [3.63, 3.8) is 0 Å². The first-order valence-electron chi connectivity index (χ1n) is 6.41. The molecule has 19 heavy (non-hydrogen) atoms. The molecule has 0 aliphatic carbocycles. The van der Waals surface area contributed by atoms with Gasteiger partial charge in [0.1, 0.15) is 12.1 Å². The van der Waals surface area contributed by atoms with Crippen LogP contribution in [-0.2, 0) is 0 Å². The molecule has 0 spiro atoms. The van der Waals surface area contributed by atoms with Gasteiger partial charge in [-0.2, -0.15) is 0 Å². The van der Waals surface area contributed by atoms with Crippen LogP contribution < -0.4 is 0 Å². The molecule has 2 unspecified atom stereocenters. The molecule has 2 atom stereocenters. The van der Waals surface area contributed by atoms with E-state index in [2.05, 4.69) is 38.1 Å². The Labute approximate surface area is 125 Å². The van der Waals surface area contributed by atoms with Crippen molar-refractivity contribution >= 4 is 23.6 Å². The zero-order valence-corrected chi connectivity index (χ0v) is 12.6. The predicted molar refractivity (Wildman–Crippen MR) is 81.7 cm³/mol. The molecule has 0 aromatic heterocycles. The summed E-state index contributed by atoms with van der Waals surface area (Å²) in [6, 6.07) is 20.2. The van der Waals surface area contributed by atoms with E-state index in [1.165, 1.54) is 0 Å². The van der Waals surface area contributed by atoms with Gasteiger partial charge in [-0.3, -0.25) is 0 Å². The smallest absolute Gasteiger partial charge is 0.111 e. The molecule has 0 amide bonds. The van der Waals surface area contributed by atoms with Gasteiger partial charge in [-0.1, -0.05) is 60.7 Å². The highest BCUT2D eigenvalue weighted by Gasteiger charge is 2.40. The second-order valence-electron chi connectivity index (χ2n) is 4.78. The highest BCUT2D eigenvalue weighted by Crippen LogP contribution is 2.44. The molecule has 2 aromatic rings. The van der Waals surface area contributed by atoms with Gasteiger partial charge in [-0.25, -0.2) is 0 Å². The van der Waals surface area contributed by atoms with Gasteiger partial charge in [0.25, 0.3) is 0 Å². The number of quaternary nitrogens is 1. The number of hydrogen-bond donors (Lipinski definition) is 0. The summed E-state index contributed by atoms with van der Waals surface area (Å²) in [5, 5.41) is 0. The van der Waals surface area contributed by atoms with Gasteiger partial charge < -0.3 is 0 Å². The molecular formula is C16H18Cl2N+. The summed E-state index contributed by atoms with van der Waals surface area (Å²) in [6.07, 6.45) is 0. The molecule has 0 aliphatic rings. The molecule has 1 nitrogen and oxygen atoms in total. The van der Waals surface area contributed by atoms with Crippen LogP contribution >= 0.6 is 23.6 Å². The quantitative estimate of drug-likeness (QED) is 0.641. The van der Waals surface area contributed by atoms with E-state index in [1.54, 1.807) is 0 Å². The lowest BCUT2D eigenvalue weighted by Crippen LogP contribution is -2.33. The lowest BCUT2D eigenvalue weighted by Gasteiger charge is -2.32. The van der Waals surface area contributed by atoms with Crippen molar-refractivity contribution in [3.8, 4) is 0 Å². The molecule has 0 radical (unpaired) electrons. The maximum atomic E-state index is 6.61. The summed E-state index contributed by atoms with van der Waals surface area (Å²) in [7, 11) is 0. The van der Waals surface area contributed by atoms with E-state index in [9.17, 15) is 0 Å². The monoisotopic (exact) mass is 294 g/mol. The lowest BCUT2D eigenvalue weighted by molar-refractivity contribution is -0.760. The Morgan fingerprint density at radius 1 is 0.684 bits per heavy atom. The summed E-state index contributed by atoms with van der Waals surface area (Å²) < 4.78 is -0.103. The second kappa shape index (κ2) is 5.96. The summed E-state index contributed by atoms with van der Waals surface area (Å²) in [4.78, 5) is 0. The highest BCUT2D eigenvalue weighted by molar-refractivity contribution is 6.23. The van der Waals surface area contributed by atoms with E-state index < -0.39 is 0 Å². The van der Waals surface area contributed by atoms with E-state index in [1.807, 2.05) is 36.4 Å². The zero-order valence-electron chi connectivity index (χ0n) is 11.1. The van der Waals surface area contributed by atoms with Crippen LogP contribution in [0.1, 0.15) is 37.1 Å². The third kappa shape index (κ3) is 3.11. The van der Waals surface area contributed by atoms with Crippen molar-refractivity contribution in [2.24, 2.45) is 0 Å². The van der Waals surface area contributed by atoms with Gasteiger partial charge in [-0.05, 0) is 13.8 Å². The summed E-state index contributed by atoms with van der Waals surface area (Å²) >= 11 is 13.2. The minimum Gasteiger partial charge on any atom is -0.111 e. The fourth-order valence-electron chi connectivity index (χ4n) is 2.20. The number of rotatable bonds is 4. The van der Waals surface area contributed by atoms with E-state index in [0.29, 0.717) is 0 Å². The van der Waals surface area contributed by atoms with Crippen molar-refractivity contribution in [2.45, 2.75) is 25.9 Å². The van der Waals surface area contributed by atoms with Crippen molar-refractivity contribution < 1.29 is 3.52 Å². The van der Waals surface area contributed by atoms with Crippen LogP contribution in [0.5, 0.6) is 0 Å². The molecule has 100 valence electrons. The lowest BCUT2D eigenvalue weighted by atomic mass is 10.0. The third-order valence-electron chi connectivity index (χ3n) is 3.60. The third-order valence-corrected chi connectivity index (χ3v) is 4.77. The fourth-order valence-corrected chi connectivity index (χ4v) is 2.65. The number of benzene rings is 2. The van der Waals surface area contributed by atoms with Crippen molar-refractivity contribution in [2.75, 3.05) is 0 Å². The van der Waals surface area contributed by atoms with Crippen LogP contribution in [0.4, 0.5) is 0 Å².